The lowest BCUT2D eigenvalue weighted by molar-refractivity contribution is 0.370. The molecule has 0 spiro atoms. The van der Waals surface area contributed by atoms with Crippen LogP contribution in [0.1, 0.15) is 64.8 Å². The third-order valence-corrected chi connectivity index (χ3v) is 3.57. The van der Waals surface area contributed by atoms with Crippen molar-refractivity contribution in [3.63, 3.8) is 0 Å². The first-order valence-corrected chi connectivity index (χ1v) is 7.64. The number of aryl methyl sites for hydroxylation is 1. The van der Waals surface area contributed by atoms with E-state index in [9.17, 15) is 0 Å². The lowest BCUT2D eigenvalue weighted by Crippen LogP contribution is -2.35. The van der Waals surface area contributed by atoms with Gasteiger partial charge >= 0.3 is 0 Å². The summed E-state index contributed by atoms with van der Waals surface area (Å²) in [4.78, 5) is 8.88. The fourth-order valence-electron chi connectivity index (χ4n) is 2.66. The first-order valence-electron chi connectivity index (χ1n) is 7.64. The predicted molar refractivity (Wildman–Crippen MR) is 81.4 cm³/mol. The molecular weight excluding hydrogens is 234 g/mol. The second-order valence-electron chi connectivity index (χ2n) is 5.70. The summed E-state index contributed by atoms with van der Waals surface area (Å²) in [6.45, 7) is 12.3. The smallest absolute Gasteiger partial charge is 0.115 e. The highest BCUT2D eigenvalue weighted by Gasteiger charge is 2.23. The van der Waals surface area contributed by atoms with Crippen molar-refractivity contribution in [1.82, 2.24) is 15.3 Å². The molecule has 0 aromatic carbocycles. The highest BCUT2D eigenvalue weighted by molar-refractivity contribution is 5.15. The Hall–Kier alpha value is -0.960. The van der Waals surface area contributed by atoms with Crippen LogP contribution >= 0.6 is 0 Å². The van der Waals surface area contributed by atoms with E-state index in [4.69, 9.17) is 0 Å². The third-order valence-electron chi connectivity index (χ3n) is 3.57. The summed E-state index contributed by atoms with van der Waals surface area (Å²) < 4.78 is 0. The van der Waals surface area contributed by atoms with Crippen molar-refractivity contribution >= 4 is 0 Å². The van der Waals surface area contributed by atoms with E-state index in [2.05, 4.69) is 56.0 Å². The van der Waals surface area contributed by atoms with Gasteiger partial charge < -0.3 is 5.32 Å². The minimum Gasteiger partial charge on any atom is -0.314 e. The molecular formula is C16H29N3. The van der Waals surface area contributed by atoms with Gasteiger partial charge in [-0.15, -0.1) is 0 Å². The summed E-state index contributed by atoms with van der Waals surface area (Å²) in [6.07, 6.45) is 5.06. The molecule has 0 aliphatic rings. The van der Waals surface area contributed by atoms with Gasteiger partial charge in [0.1, 0.15) is 6.33 Å². The molecule has 1 aromatic heterocycles. The maximum atomic E-state index is 4.52. The minimum absolute atomic E-state index is 0.448. The van der Waals surface area contributed by atoms with Gasteiger partial charge in [0.2, 0.25) is 0 Å². The van der Waals surface area contributed by atoms with E-state index in [0.717, 1.165) is 19.4 Å². The predicted octanol–water partition coefficient (Wildman–Crippen LogP) is 3.56. The fraction of sp³-hybridized carbons (Fsp3) is 0.750. The van der Waals surface area contributed by atoms with Gasteiger partial charge in [0.05, 0.1) is 0 Å². The normalized spacial score (nSPS) is 14.6. The molecule has 1 heterocycles. The molecule has 0 aliphatic carbocycles. The standard InChI is InChI=1S/C16H29N3/c1-6-8-14-10-15(19-11-18-14)16(12(3)4)13(5)17-9-7-2/h10-13,16-17H,6-9H2,1-5H3. The molecule has 0 fully saturated rings. The molecule has 0 amide bonds. The zero-order valence-electron chi connectivity index (χ0n) is 13.1. The molecule has 1 aromatic rings. The fourth-order valence-corrected chi connectivity index (χ4v) is 2.66. The first-order chi connectivity index (χ1) is 9.10. The van der Waals surface area contributed by atoms with Crippen LogP contribution in [0.2, 0.25) is 0 Å². The molecule has 3 heteroatoms. The van der Waals surface area contributed by atoms with Gasteiger partial charge in [-0.05, 0) is 38.3 Å². The number of nitrogens with one attached hydrogen (secondary N) is 1. The summed E-state index contributed by atoms with van der Waals surface area (Å²) in [5.41, 5.74) is 2.35. The van der Waals surface area contributed by atoms with Gasteiger partial charge in [0, 0.05) is 23.3 Å². The Balaban J connectivity index is 2.88. The van der Waals surface area contributed by atoms with Crippen molar-refractivity contribution in [3.05, 3.63) is 23.8 Å². The average molecular weight is 263 g/mol. The van der Waals surface area contributed by atoms with Crippen LogP contribution in [0.25, 0.3) is 0 Å². The Morgan fingerprint density at radius 3 is 2.42 bits per heavy atom. The Kier molecular flexibility index (Phi) is 7.00. The van der Waals surface area contributed by atoms with Crippen molar-refractivity contribution in [3.8, 4) is 0 Å². The van der Waals surface area contributed by atoms with Crippen LogP contribution in [0.5, 0.6) is 0 Å². The quantitative estimate of drug-likeness (QED) is 0.779. The van der Waals surface area contributed by atoms with E-state index in [1.165, 1.54) is 17.8 Å². The van der Waals surface area contributed by atoms with Crippen molar-refractivity contribution in [1.29, 1.82) is 0 Å². The summed E-state index contributed by atoms with van der Waals surface area (Å²) >= 11 is 0. The van der Waals surface area contributed by atoms with E-state index < -0.39 is 0 Å². The lowest BCUT2D eigenvalue weighted by atomic mass is 9.85. The van der Waals surface area contributed by atoms with Crippen LogP contribution in [-0.2, 0) is 6.42 Å². The first kappa shape index (κ1) is 16.1. The maximum Gasteiger partial charge on any atom is 0.115 e. The van der Waals surface area contributed by atoms with Gasteiger partial charge in [0.15, 0.2) is 0 Å². The van der Waals surface area contributed by atoms with E-state index in [-0.39, 0.29) is 0 Å². The van der Waals surface area contributed by atoms with E-state index >= 15 is 0 Å². The maximum absolute atomic E-state index is 4.52. The van der Waals surface area contributed by atoms with Crippen LogP contribution in [0, 0.1) is 5.92 Å². The third kappa shape index (κ3) is 4.90. The minimum atomic E-state index is 0.448. The van der Waals surface area contributed by atoms with Crippen molar-refractivity contribution in [2.75, 3.05) is 6.54 Å². The number of nitrogens with zero attached hydrogens (tertiary/aromatic N) is 2. The number of rotatable bonds is 8. The van der Waals surface area contributed by atoms with Crippen LogP contribution < -0.4 is 5.32 Å². The van der Waals surface area contributed by atoms with E-state index in [0.29, 0.717) is 17.9 Å². The largest absolute Gasteiger partial charge is 0.314 e. The molecule has 0 saturated carbocycles. The second-order valence-corrected chi connectivity index (χ2v) is 5.70. The van der Waals surface area contributed by atoms with Crippen LogP contribution in [0.4, 0.5) is 0 Å². The van der Waals surface area contributed by atoms with Crippen molar-refractivity contribution < 1.29 is 0 Å². The van der Waals surface area contributed by atoms with Crippen molar-refractivity contribution in [2.24, 2.45) is 5.92 Å². The lowest BCUT2D eigenvalue weighted by Gasteiger charge is -2.28. The number of hydrogen-bond acceptors (Lipinski definition) is 3. The summed E-state index contributed by atoms with van der Waals surface area (Å²) in [5.74, 6) is 1.02. The molecule has 0 radical (unpaired) electrons. The van der Waals surface area contributed by atoms with Gasteiger partial charge in [-0.1, -0.05) is 34.1 Å². The Morgan fingerprint density at radius 1 is 1.11 bits per heavy atom. The number of aromatic nitrogens is 2. The summed E-state index contributed by atoms with van der Waals surface area (Å²) in [7, 11) is 0. The molecule has 0 aliphatic heterocycles. The van der Waals surface area contributed by atoms with Crippen LogP contribution in [-0.4, -0.2) is 22.6 Å². The van der Waals surface area contributed by atoms with Crippen LogP contribution in [0.3, 0.4) is 0 Å². The SMILES string of the molecule is CCCNC(C)C(c1cc(CCC)ncn1)C(C)C. The monoisotopic (exact) mass is 263 g/mol. The molecule has 108 valence electrons. The Morgan fingerprint density at radius 2 is 1.84 bits per heavy atom. The molecule has 1 N–H and O–H groups in total. The molecule has 3 nitrogen and oxygen atoms in total. The van der Waals surface area contributed by atoms with Crippen LogP contribution in [0.15, 0.2) is 12.4 Å². The zero-order chi connectivity index (χ0) is 14.3. The molecule has 2 unspecified atom stereocenters. The Labute approximate surface area is 118 Å². The Bertz CT molecular complexity index is 363. The molecule has 0 saturated heterocycles. The van der Waals surface area contributed by atoms with Gasteiger partial charge in [-0.25, -0.2) is 9.97 Å². The highest BCUT2D eigenvalue weighted by atomic mass is 14.9. The van der Waals surface area contributed by atoms with E-state index in [1.807, 2.05) is 0 Å². The zero-order valence-corrected chi connectivity index (χ0v) is 13.1. The van der Waals surface area contributed by atoms with Crippen molar-refractivity contribution in [2.45, 2.75) is 65.8 Å². The summed E-state index contributed by atoms with van der Waals surface area (Å²) in [6, 6.07) is 2.64. The molecule has 2 atom stereocenters. The molecule has 1 rings (SSSR count). The molecule has 0 bridgehead atoms. The summed E-state index contributed by atoms with van der Waals surface area (Å²) in [5, 5.41) is 3.60. The topological polar surface area (TPSA) is 37.8 Å². The van der Waals surface area contributed by atoms with Gasteiger partial charge in [-0.2, -0.15) is 0 Å². The number of hydrogen-bond donors (Lipinski definition) is 1. The highest BCUT2D eigenvalue weighted by Crippen LogP contribution is 2.26. The molecule has 19 heavy (non-hydrogen) atoms. The van der Waals surface area contributed by atoms with Gasteiger partial charge in [0.25, 0.3) is 0 Å². The average Bonchev–Trinajstić information content (AvgIpc) is 2.37. The van der Waals surface area contributed by atoms with Gasteiger partial charge in [-0.3, -0.25) is 0 Å². The van der Waals surface area contributed by atoms with E-state index in [1.54, 1.807) is 6.33 Å². The second kappa shape index (κ2) is 8.26.